The molecule has 0 heterocycles. The molecular weight excluding hydrogens is 306 g/mol. The van der Waals surface area contributed by atoms with Gasteiger partial charge in [0.1, 0.15) is 48.8 Å². The number of rotatable bonds is 10. The van der Waals surface area contributed by atoms with Gasteiger partial charge in [0.25, 0.3) is 0 Å². The van der Waals surface area contributed by atoms with Gasteiger partial charge in [-0.25, -0.2) is 0 Å². The highest BCUT2D eigenvalue weighted by Crippen LogP contribution is 2.14. The quantitative estimate of drug-likeness (QED) is 0.169. The van der Waals surface area contributed by atoms with Crippen molar-refractivity contribution in [1.82, 2.24) is 0 Å². The van der Waals surface area contributed by atoms with E-state index in [4.69, 9.17) is 21.1 Å². The zero-order valence-electron chi connectivity index (χ0n) is 11.5. The van der Waals surface area contributed by atoms with Crippen molar-refractivity contribution in [3.05, 3.63) is 0 Å². The lowest BCUT2D eigenvalue weighted by atomic mass is 9.91. The summed E-state index contributed by atoms with van der Waals surface area (Å²) in [5.74, 6) is 0. The molecule has 0 rings (SSSR count). The summed E-state index contributed by atoms with van der Waals surface area (Å²) in [6.07, 6.45) is -16.5. The maximum atomic E-state index is 10.3. The third kappa shape index (κ3) is 5.17. The molecule has 11 nitrogen and oxygen atoms in total. The Morgan fingerprint density at radius 3 is 1.55 bits per heavy atom. The zero-order chi connectivity index (χ0) is 17.6. The van der Waals surface area contributed by atoms with E-state index in [2.05, 4.69) is 0 Å². The minimum absolute atomic E-state index is 0.0593. The van der Waals surface area contributed by atoms with E-state index in [0.717, 1.165) is 0 Å². The lowest BCUT2D eigenvalue weighted by Crippen LogP contribution is -2.60. The SMILES string of the molecule is N[C@H]([C@H](O)[C@H](O)[C@@H](O)[C@@H](O)[C@H](O)[C@H](O)CO)[C@H](O)[C@@H](O)C=O. The van der Waals surface area contributed by atoms with Crippen LogP contribution in [0.25, 0.3) is 0 Å². The molecule has 0 aliphatic rings. The van der Waals surface area contributed by atoms with Gasteiger partial charge in [0.15, 0.2) is 6.29 Å². The number of hydrogen-bond acceptors (Lipinski definition) is 11. The number of aldehydes is 1. The average Bonchev–Trinajstić information content (AvgIpc) is 2.55. The Hall–Kier alpha value is -0.730. The van der Waals surface area contributed by atoms with Gasteiger partial charge >= 0.3 is 0 Å². The Kier molecular flexibility index (Phi) is 9.11. The Balaban J connectivity index is 4.85. The molecule has 0 aromatic heterocycles. The first kappa shape index (κ1) is 21.3. The van der Waals surface area contributed by atoms with E-state index in [1.807, 2.05) is 0 Å². The lowest BCUT2D eigenvalue weighted by molar-refractivity contribution is -0.165. The molecule has 0 spiro atoms. The van der Waals surface area contributed by atoms with Gasteiger partial charge in [-0.1, -0.05) is 0 Å². The van der Waals surface area contributed by atoms with Gasteiger partial charge in [0.05, 0.1) is 12.6 Å². The van der Waals surface area contributed by atoms with Crippen molar-refractivity contribution >= 4 is 6.29 Å². The summed E-state index contributed by atoms with van der Waals surface area (Å²) in [4.78, 5) is 10.3. The van der Waals surface area contributed by atoms with E-state index >= 15 is 0 Å². The van der Waals surface area contributed by atoms with Crippen LogP contribution in [0.5, 0.6) is 0 Å². The highest BCUT2D eigenvalue weighted by molar-refractivity contribution is 5.56. The number of aliphatic hydroxyl groups is 9. The summed E-state index contributed by atoms with van der Waals surface area (Å²) in [5, 5.41) is 84.1. The Labute approximate surface area is 125 Å². The van der Waals surface area contributed by atoms with E-state index in [1.165, 1.54) is 0 Å². The van der Waals surface area contributed by atoms with Crippen molar-refractivity contribution in [2.24, 2.45) is 5.73 Å². The molecule has 22 heavy (non-hydrogen) atoms. The zero-order valence-corrected chi connectivity index (χ0v) is 11.5. The highest BCUT2D eigenvalue weighted by atomic mass is 16.4. The number of nitrogens with two attached hydrogens (primary N) is 1. The average molecular weight is 329 g/mol. The predicted octanol–water partition coefficient (Wildman–Crippen LogP) is -6.61. The van der Waals surface area contributed by atoms with Crippen LogP contribution in [0, 0.1) is 0 Å². The van der Waals surface area contributed by atoms with Gasteiger partial charge in [0, 0.05) is 0 Å². The minimum atomic E-state index is -2.21. The maximum Gasteiger partial charge on any atom is 0.151 e. The Morgan fingerprint density at radius 1 is 0.727 bits per heavy atom. The molecule has 11 heteroatoms. The topological polar surface area (TPSA) is 225 Å². The number of carbonyl (C=O) groups is 1. The highest BCUT2D eigenvalue weighted by Gasteiger charge is 2.41. The molecule has 0 bridgehead atoms. The summed E-state index contributed by atoms with van der Waals surface area (Å²) >= 11 is 0. The van der Waals surface area contributed by atoms with Crippen molar-refractivity contribution in [3.8, 4) is 0 Å². The van der Waals surface area contributed by atoms with Crippen molar-refractivity contribution in [3.63, 3.8) is 0 Å². The summed E-state index contributed by atoms with van der Waals surface area (Å²) in [6.45, 7) is -0.937. The van der Waals surface area contributed by atoms with Crippen LogP contribution in [0.1, 0.15) is 0 Å². The van der Waals surface area contributed by atoms with Crippen LogP contribution in [-0.2, 0) is 4.79 Å². The molecule has 0 aromatic rings. The Bertz CT molecular complexity index is 332. The van der Waals surface area contributed by atoms with Crippen LogP contribution in [0.2, 0.25) is 0 Å². The van der Waals surface area contributed by atoms with Crippen molar-refractivity contribution in [2.45, 2.75) is 54.9 Å². The van der Waals surface area contributed by atoms with Crippen LogP contribution >= 0.6 is 0 Å². The van der Waals surface area contributed by atoms with E-state index in [0.29, 0.717) is 0 Å². The maximum absolute atomic E-state index is 10.3. The molecule has 0 saturated carbocycles. The van der Waals surface area contributed by atoms with Crippen LogP contribution in [0.4, 0.5) is 0 Å². The van der Waals surface area contributed by atoms with Crippen LogP contribution in [0.3, 0.4) is 0 Å². The first-order valence-corrected chi connectivity index (χ1v) is 6.36. The minimum Gasteiger partial charge on any atom is -0.394 e. The van der Waals surface area contributed by atoms with Crippen molar-refractivity contribution < 1.29 is 50.8 Å². The molecule has 11 N–H and O–H groups in total. The smallest absolute Gasteiger partial charge is 0.151 e. The molecule has 0 aromatic carbocycles. The van der Waals surface area contributed by atoms with Gasteiger partial charge in [-0.05, 0) is 0 Å². The fraction of sp³-hybridized carbons (Fsp3) is 0.909. The molecule has 9 atom stereocenters. The largest absolute Gasteiger partial charge is 0.394 e. The third-order valence-electron chi connectivity index (χ3n) is 3.26. The molecule has 0 radical (unpaired) electrons. The molecule has 0 saturated heterocycles. The summed E-state index contributed by atoms with van der Waals surface area (Å²) in [7, 11) is 0. The fourth-order valence-corrected chi connectivity index (χ4v) is 1.68. The predicted molar refractivity (Wildman–Crippen MR) is 69.2 cm³/mol. The first-order valence-electron chi connectivity index (χ1n) is 6.36. The van der Waals surface area contributed by atoms with Gasteiger partial charge in [0.2, 0.25) is 0 Å². The number of aliphatic hydroxyl groups excluding tert-OH is 9. The number of hydrogen-bond donors (Lipinski definition) is 10. The van der Waals surface area contributed by atoms with E-state index in [9.17, 15) is 35.4 Å². The molecule has 132 valence electrons. The van der Waals surface area contributed by atoms with E-state index in [1.54, 1.807) is 0 Å². The molecule has 0 fully saturated rings. The van der Waals surface area contributed by atoms with Crippen LogP contribution in [-0.4, -0.2) is 114 Å². The molecule has 0 aliphatic carbocycles. The summed E-state index contributed by atoms with van der Waals surface area (Å²) < 4.78 is 0. The second-order valence-corrected chi connectivity index (χ2v) is 4.90. The third-order valence-corrected chi connectivity index (χ3v) is 3.26. The van der Waals surface area contributed by atoms with Gasteiger partial charge in [-0.2, -0.15) is 0 Å². The first-order chi connectivity index (χ1) is 10.1. The van der Waals surface area contributed by atoms with Crippen LogP contribution in [0.15, 0.2) is 0 Å². The normalized spacial score (nSPS) is 24.5. The molecule has 0 unspecified atom stereocenters. The summed E-state index contributed by atoms with van der Waals surface area (Å²) in [5.41, 5.74) is 5.31. The van der Waals surface area contributed by atoms with E-state index < -0.39 is 61.5 Å². The number of carbonyl (C=O) groups excluding carboxylic acids is 1. The fourth-order valence-electron chi connectivity index (χ4n) is 1.68. The monoisotopic (exact) mass is 329 g/mol. The standard InChI is InChI=1S/C11H23NO10/c12-5(6(17)3(15)1-13)8(19)10(21)11(22)9(20)7(18)4(16)2-14/h1,3-11,14-22H,2,12H2/t3-,4+,5-,6+,7+,8-,9-,10-,11-/m0/s1. The van der Waals surface area contributed by atoms with Gasteiger partial charge in [-0.15, -0.1) is 0 Å². The summed E-state index contributed by atoms with van der Waals surface area (Å²) in [6, 6.07) is -1.77. The molecular formula is C11H23NO10. The van der Waals surface area contributed by atoms with Gasteiger partial charge in [-0.3, -0.25) is 0 Å². The van der Waals surface area contributed by atoms with Crippen molar-refractivity contribution in [2.75, 3.05) is 6.61 Å². The van der Waals surface area contributed by atoms with Crippen LogP contribution < -0.4 is 5.73 Å². The van der Waals surface area contributed by atoms with Gasteiger partial charge < -0.3 is 56.5 Å². The van der Waals surface area contributed by atoms with Crippen molar-refractivity contribution in [1.29, 1.82) is 0 Å². The molecule has 0 amide bonds. The van der Waals surface area contributed by atoms with E-state index in [-0.39, 0.29) is 6.29 Å². The Morgan fingerprint density at radius 2 is 1.14 bits per heavy atom. The second-order valence-electron chi connectivity index (χ2n) is 4.90. The molecule has 0 aliphatic heterocycles. The lowest BCUT2D eigenvalue weighted by Gasteiger charge is -2.34. The second kappa shape index (κ2) is 9.42.